The van der Waals surface area contributed by atoms with Crippen LogP contribution in [0.5, 0.6) is 11.5 Å². The number of rotatable bonds is 6. The van der Waals surface area contributed by atoms with Crippen LogP contribution in [0.3, 0.4) is 0 Å². The molecule has 0 N–H and O–H groups in total. The maximum absolute atomic E-state index is 12.4. The van der Waals surface area contributed by atoms with Gasteiger partial charge in [0.05, 0.1) is 25.8 Å². The number of ether oxygens (including phenoxy) is 2. The predicted octanol–water partition coefficient (Wildman–Crippen LogP) is 3.12. The van der Waals surface area contributed by atoms with Gasteiger partial charge in [-0.3, -0.25) is 4.79 Å². The molecule has 2 aromatic rings. The van der Waals surface area contributed by atoms with Gasteiger partial charge in [0.1, 0.15) is 11.5 Å². The first-order valence-corrected chi connectivity index (χ1v) is 9.02. The number of benzene rings is 2. The number of hydrogen-bond acceptors (Lipinski definition) is 4. The fraction of sp³-hybridized carbons (Fsp3) is 0.381. The van der Waals surface area contributed by atoms with Crippen LogP contribution in [0.15, 0.2) is 48.5 Å². The molecule has 26 heavy (non-hydrogen) atoms. The summed E-state index contributed by atoms with van der Waals surface area (Å²) in [6.07, 6.45) is 0.405. The molecule has 3 rings (SSSR count). The molecular formula is C21H26N2O3. The second-order valence-corrected chi connectivity index (χ2v) is 6.45. The first-order valence-electron chi connectivity index (χ1n) is 9.02. The van der Waals surface area contributed by atoms with Crippen molar-refractivity contribution in [1.29, 1.82) is 0 Å². The van der Waals surface area contributed by atoms with Crippen LogP contribution in [0.1, 0.15) is 12.0 Å². The molecule has 0 aromatic heterocycles. The van der Waals surface area contributed by atoms with Crippen LogP contribution in [0.4, 0.5) is 5.69 Å². The van der Waals surface area contributed by atoms with E-state index >= 15 is 0 Å². The van der Waals surface area contributed by atoms with E-state index in [1.54, 1.807) is 7.11 Å². The monoisotopic (exact) mass is 354 g/mol. The third-order valence-corrected chi connectivity index (χ3v) is 4.63. The Hall–Kier alpha value is -2.69. The Morgan fingerprint density at radius 2 is 1.81 bits per heavy atom. The average Bonchev–Trinajstić information content (AvgIpc) is 2.68. The minimum Gasteiger partial charge on any atom is -0.495 e. The van der Waals surface area contributed by atoms with Gasteiger partial charge in [0.2, 0.25) is 5.91 Å². The SMILES string of the molecule is COc1ccccc1N1CCN(C(=O)CCOc2cccc(C)c2)CC1. The van der Waals surface area contributed by atoms with E-state index < -0.39 is 0 Å². The summed E-state index contributed by atoms with van der Waals surface area (Å²) in [7, 11) is 1.69. The molecule has 0 unspecified atom stereocenters. The Balaban J connectivity index is 1.46. The van der Waals surface area contributed by atoms with E-state index in [0.717, 1.165) is 48.9 Å². The molecule has 5 nitrogen and oxygen atoms in total. The summed E-state index contributed by atoms with van der Waals surface area (Å²) in [6, 6.07) is 15.9. The molecule has 0 spiro atoms. The molecule has 0 radical (unpaired) electrons. The Morgan fingerprint density at radius 3 is 2.54 bits per heavy atom. The molecule has 2 aromatic carbocycles. The molecule has 0 atom stereocenters. The zero-order valence-electron chi connectivity index (χ0n) is 15.5. The number of anilines is 1. The van der Waals surface area contributed by atoms with Crippen molar-refractivity contribution in [3.8, 4) is 11.5 Å². The van der Waals surface area contributed by atoms with Crippen molar-refractivity contribution in [2.45, 2.75) is 13.3 Å². The number of piperazine rings is 1. The summed E-state index contributed by atoms with van der Waals surface area (Å²) in [4.78, 5) is 16.6. The minimum atomic E-state index is 0.150. The smallest absolute Gasteiger partial charge is 0.226 e. The van der Waals surface area contributed by atoms with Crippen molar-refractivity contribution in [2.75, 3.05) is 44.8 Å². The van der Waals surface area contributed by atoms with Crippen molar-refractivity contribution in [1.82, 2.24) is 4.90 Å². The van der Waals surface area contributed by atoms with Gasteiger partial charge in [0.15, 0.2) is 0 Å². The number of carbonyl (C=O) groups excluding carboxylic acids is 1. The lowest BCUT2D eigenvalue weighted by molar-refractivity contribution is -0.132. The predicted molar refractivity (Wildman–Crippen MR) is 103 cm³/mol. The van der Waals surface area contributed by atoms with Crippen LogP contribution in [0.2, 0.25) is 0 Å². The van der Waals surface area contributed by atoms with Crippen LogP contribution in [-0.2, 0) is 4.79 Å². The quantitative estimate of drug-likeness (QED) is 0.799. The number of amides is 1. The number of nitrogens with zero attached hydrogens (tertiary/aromatic N) is 2. The van der Waals surface area contributed by atoms with E-state index in [1.165, 1.54) is 0 Å². The van der Waals surface area contributed by atoms with Crippen LogP contribution < -0.4 is 14.4 Å². The molecule has 0 bridgehead atoms. The van der Waals surface area contributed by atoms with E-state index in [9.17, 15) is 4.79 Å². The molecule has 1 aliphatic rings. The van der Waals surface area contributed by atoms with Crippen LogP contribution in [0.25, 0.3) is 0 Å². The molecule has 1 aliphatic heterocycles. The van der Waals surface area contributed by atoms with Gasteiger partial charge < -0.3 is 19.3 Å². The second-order valence-electron chi connectivity index (χ2n) is 6.45. The summed E-state index contributed by atoms with van der Waals surface area (Å²) in [5.74, 6) is 1.84. The van der Waals surface area contributed by atoms with Crippen molar-refractivity contribution in [3.05, 3.63) is 54.1 Å². The van der Waals surface area contributed by atoms with E-state index in [-0.39, 0.29) is 5.91 Å². The average molecular weight is 354 g/mol. The van der Waals surface area contributed by atoms with Crippen LogP contribution in [-0.4, -0.2) is 50.7 Å². The zero-order valence-corrected chi connectivity index (χ0v) is 15.5. The molecule has 0 aliphatic carbocycles. The molecule has 1 heterocycles. The molecule has 0 saturated carbocycles. The topological polar surface area (TPSA) is 42.0 Å². The molecule has 1 saturated heterocycles. The number of carbonyl (C=O) groups is 1. The molecule has 138 valence electrons. The summed E-state index contributed by atoms with van der Waals surface area (Å²) in [5, 5.41) is 0. The lowest BCUT2D eigenvalue weighted by atomic mass is 10.2. The lowest BCUT2D eigenvalue weighted by Crippen LogP contribution is -2.49. The maximum Gasteiger partial charge on any atom is 0.226 e. The molecule has 1 fully saturated rings. The summed E-state index contributed by atoms with van der Waals surface area (Å²) >= 11 is 0. The van der Waals surface area contributed by atoms with Gasteiger partial charge in [-0.1, -0.05) is 24.3 Å². The highest BCUT2D eigenvalue weighted by Crippen LogP contribution is 2.28. The number of para-hydroxylation sites is 2. The maximum atomic E-state index is 12.4. The summed E-state index contributed by atoms with van der Waals surface area (Å²) < 4.78 is 11.1. The summed E-state index contributed by atoms with van der Waals surface area (Å²) in [6.45, 7) is 5.51. The highest BCUT2D eigenvalue weighted by molar-refractivity contribution is 5.76. The van der Waals surface area contributed by atoms with Crippen molar-refractivity contribution >= 4 is 11.6 Å². The van der Waals surface area contributed by atoms with E-state index in [2.05, 4.69) is 11.0 Å². The van der Waals surface area contributed by atoms with Gasteiger partial charge in [-0.05, 0) is 36.8 Å². The van der Waals surface area contributed by atoms with Crippen LogP contribution in [0, 0.1) is 6.92 Å². The largest absolute Gasteiger partial charge is 0.495 e. The third kappa shape index (κ3) is 4.48. The molecule has 1 amide bonds. The lowest BCUT2D eigenvalue weighted by Gasteiger charge is -2.36. The Morgan fingerprint density at radius 1 is 1.04 bits per heavy atom. The Kier molecular flexibility index (Phi) is 6.00. The Labute approximate surface area is 155 Å². The molecular weight excluding hydrogens is 328 g/mol. The van der Waals surface area contributed by atoms with Gasteiger partial charge in [0.25, 0.3) is 0 Å². The zero-order chi connectivity index (χ0) is 18.4. The standard InChI is InChI=1S/C21H26N2O3/c1-17-6-5-7-18(16-17)26-15-10-21(24)23-13-11-22(12-14-23)19-8-3-4-9-20(19)25-2/h3-9,16H,10-15H2,1-2H3. The van der Waals surface area contributed by atoms with Gasteiger partial charge >= 0.3 is 0 Å². The fourth-order valence-corrected chi connectivity index (χ4v) is 3.21. The van der Waals surface area contributed by atoms with Gasteiger partial charge in [-0.2, -0.15) is 0 Å². The minimum absolute atomic E-state index is 0.150. The van der Waals surface area contributed by atoms with E-state index in [4.69, 9.17) is 9.47 Å². The van der Waals surface area contributed by atoms with E-state index in [0.29, 0.717) is 13.0 Å². The number of aryl methyl sites for hydroxylation is 1. The van der Waals surface area contributed by atoms with Crippen molar-refractivity contribution in [3.63, 3.8) is 0 Å². The van der Waals surface area contributed by atoms with Crippen molar-refractivity contribution < 1.29 is 14.3 Å². The highest BCUT2D eigenvalue weighted by atomic mass is 16.5. The number of methoxy groups -OCH3 is 1. The Bertz CT molecular complexity index is 740. The normalized spacial score (nSPS) is 14.2. The number of hydrogen-bond donors (Lipinski definition) is 0. The van der Waals surface area contributed by atoms with E-state index in [1.807, 2.05) is 54.3 Å². The first-order chi connectivity index (χ1) is 12.7. The third-order valence-electron chi connectivity index (χ3n) is 4.63. The summed E-state index contributed by atoms with van der Waals surface area (Å²) in [5.41, 5.74) is 2.24. The van der Waals surface area contributed by atoms with Gasteiger partial charge in [0, 0.05) is 26.2 Å². The van der Waals surface area contributed by atoms with Crippen LogP contribution >= 0.6 is 0 Å². The molecule has 5 heteroatoms. The first kappa shape index (κ1) is 18.1. The fourth-order valence-electron chi connectivity index (χ4n) is 3.21. The van der Waals surface area contributed by atoms with Gasteiger partial charge in [-0.25, -0.2) is 0 Å². The van der Waals surface area contributed by atoms with Gasteiger partial charge in [-0.15, -0.1) is 0 Å². The second kappa shape index (κ2) is 8.61. The van der Waals surface area contributed by atoms with Crippen molar-refractivity contribution in [2.24, 2.45) is 0 Å². The highest BCUT2D eigenvalue weighted by Gasteiger charge is 2.22.